The zero-order valence-corrected chi connectivity index (χ0v) is 11.8. The normalized spacial score (nSPS) is 10.4. The highest BCUT2D eigenvalue weighted by atomic mass is 35.5. The molecule has 1 amide bonds. The lowest BCUT2D eigenvalue weighted by molar-refractivity contribution is 0.0996. The average molecular weight is 282 g/mol. The minimum absolute atomic E-state index is 0.104. The number of rotatable bonds is 2. The first-order valence-corrected chi connectivity index (χ1v) is 6.49. The third-order valence-electron chi connectivity index (χ3n) is 2.67. The highest BCUT2D eigenvalue weighted by Gasteiger charge is 2.19. The van der Waals surface area contributed by atoms with Gasteiger partial charge in [-0.15, -0.1) is 5.10 Å². The maximum Gasteiger partial charge on any atom is 0.271 e. The quantitative estimate of drug-likeness (QED) is 0.850. The van der Waals surface area contributed by atoms with E-state index in [1.165, 1.54) is 0 Å². The second-order valence-corrected chi connectivity index (χ2v) is 5.17. The smallest absolute Gasteiger partial charge is 0.271 e. The molecular weight excluding hydrogens is 270 g/mol. The summed E-state index contributed by atoms with van der Waals surface area (Å²) in [5.74, 6) is -0.104. The molecule has 1 aromatic heterocycles. The number of halogens is 1. The second-order valence-electron chi connectivity index (χ2n) is 3.98. The first-order chi connectivity index (χ1) is 8.50. The van der Waals surface area contributed by atoms with Crippen molar-refractivity contribution >= 4 is 34.7 Å². The largest absolute Gasteiger partial charge is 0.310 e. The van der Waals surface area contributed by atoms with Crippen LogP contribution in [0, 0.1) is 13.8 Å². The third kappa shape index (κ3) is 2.37. The predicted molar refractivity (Wildman–Crippen MR) is 73.6 cm³/mol. The van der Waals surface area contributed by atoms with Gasteiger partial charge in [-0.25, -0.2) is 0 Å². The molecule has 4 nitrogen and oxygen atoms in total. The fraction of sp³-hybridized carbons (Fsp3) is 0.250. The van der Waals surface area contributed by atoms with Crippen molar-refractivity contribution in [1.29, 1.82) is 0 Å². The van der Waals surface area contributed by atoms with Crippen molar-refractivity contribution in [3.63, 3.8) is 0 Å². The number of aryl methyl sites for hydroxylation is 2. The van der Waals surface area contributed by atoms with Crippen LogP contribution in [0.25, 0.3) is 0 Å². The zero-order valence-electron chi connectivity index (χ0n) is 10.3. The average Bonchev–Trinajstić information content (AvgIpc) is 2.74. The van der Waals surface area contributed by atoms with Crippen molar-refractivity contribution in [2.45, 2.75) is 13.8 Å². The van der Waals surface area contributed by atoms with Crippen LogP contribution >= 0.6 is 23.1 Å². The van der Waals surface area contributed by atoms with E-state index in [4.69, 9.17) is 11.6 Å². The number of carbonyl (C=O) groups is 1. The molecule has 1 heterocycles. The summed E-state index contributed by atoms with van der Waals surface area (Å²) >= 11 is 7.02. The Balaban J connectivity index is 2.34. The number of anilines is 1. The van der Waals surface area contributed by atoms with Crippen LogP contribution in [-0.2, 0) is 0 Å². The van der Waals surface area contributed by atoms with Gasteiger partial charge in [0.25, 0.3) is 5.91 Å². The molecule has 0 radical (unpaired) electrons. The minimum atomic E-state index is -0.104. The molecule has 0 spiro atoms. The Morgan fingerprint density at radius 3 is 2.67 bits per heavy atom. The van der Waals surface area contributed by atoms with E-state index in [9.17, 15) is 4.79 Å². The summed E-state index contributed by atoms with van der Waals surface area (Å²) in [5.41, 5.74) is 2.44. The van der Waals surface area contributed by atoms with E-state index >= 15 is 0 Å². The number of aromatic nitrogens is 2. The third-order valence-corrected chi connectivity index (χ3v) is 3.72. The number of amides is 1. The van der Waals surface area contributed by atoms with Crippen LogP contribution in [-0.4, -0.2) is 22.5 Å². The molecule has 2 rings (SSSR count). The van der Waals surface area contributed by atoms with Crippen LogP contribution in [0.4, 0.5) is 5.69 Å². The molecule has 0 aliphatic heterocycles. The van der Waals surface area contributed by atoms with Gasteiger partial charge in [0.1, 0.15) is 4.88 Å². The van der Waals surface area contributed by atoms with Crippen molar-refractivity contribution in [3.05, 3.63) is 39.4 Å². The minimum Gasteiger partial charge on any atom is -0.310 e. The number of hydrogen-bond acceptors (Lipinski definition) is 4. The maximum atomic E-state index is 12.3. The Bertz CT molecular complexity index is 597. The molecule has 18 heavy (non-hydrogen) atoms. The number of carbonyl (C=O) groups excluding carboxylic acids is 1. The Morgan fingerprint density at radius 2 is 2.11 bits per heavy atom. The first-order valence-electron chi connectivity index (χ1n) is 5.34. The molecule has 0 aliphatic carbocycles. The Hall–Kier alpha value is -1.46. The number of hydrogen-bond donors (Lipinski definition) is 0. The summed E-state index contributed by atoms with van der Waals surface area (Å²) in [4.78, 5) is 14.4. The maximum absolute atomic E-state index is 12.3. The number of benzene rings is 1. The lowest BCUT2D eigenvalue weighted by Gasteiger charge is -2.18. The lowest BCUT2D eigenvalue weighted by atomic mass is 10.2. The molecule has 0 fully saturated rings. The van der Waals surface area contributed by atoms with Gasteiger partial charge in [0.2, 0.25) is 0 Å². The first kappa shape index (κ1) is 13.0. The van der Waals surface area contributed by atoms with Gasteiger partial charge < -0.3 is 4.90 Å². The van der Waals surface area contributed by atoms with Gasteiger partial charge in [-0.1, -0.05) is 16.1 Å². The second kappa shape index (κ2) is 5.04. The van der Waals surface area contributed by atoms with Crippen molar-refractivity contribution in [3.8, 4) is 0 Å². The summed E-state index contributed by atoms with van der Waals surface area (Å²) < 4.78 is 3.78. The summed E-state index contributed by atoms with van der Waals surface area (Å²) in [6, 6.07) is 5.43. The molecule has 0 atom stereocenters. The van der Waals surface area contributed by atoms with Crippen LogP contribution < -0.4 is 4.90 Å². The molecule has 0 unspecified atom stereocenters. The lowest BCUT2D eigenvalue weighted by Crippen LogP contribution is -2.26. The Kier molecular flexibility index (Phi) is 3.63. The van der Waals surface area contributed by atoms with Crippen LogP contribution in [0.15, 0.2) is 18.2 Å². The summed E-state index contributed by atoms with van der Waals surface area (Å²) in [6.07, 6.45) is 0. The molecule has 0 N–H and O–H groups in total. The molecule has 0 bridgehead atoms. The van der Waals surface area contributed by atoms with E-state index in [-0.39, 0.29) is 5.91 Å². The van der Waals surface area contributed by atoms with Gasteiger partial charge in [0, 0.05) is 17.8 Å². The van der Waals surface area contributed by atoms with E-state index in [1.54, 1.807) is 24.9 Å². The Labute approximate surface area is 114 Å². The van der Waals surface area contributed by atoms with Gasteiger partial charge in [-0.05, 0) is 49.1 Å². The fourth-order valence-electron chi connectivity index (χ4n) is 1.68. The van der Waals surface area contributed by atoms with Gasteiger partial charge in [0.15, 0.2) is 0 Å². The molecule has 0 saturated carbocycles. The van der Waals surface area contributed by atoms with E-state index in [1.807, 2.05) is 19.1 Å². The monoisotopic (exact) mass is 281 g/mol. The van der Waals surface area contributed by atoms with Gasteiger partial charge in [0.05, 0.1) is 5.69 Å². The summed E-state index contributed by atoms with van der Waals surface area (Å²) in [6.45, 7) is 3.70. The van der Waals surface area contributed by atoms with E-state index in [0.717, 1.165) is 22.8 Å². The van der Waals surface area contributed by atoms with E-state index in [2.05, 4.69) is 9.59 Å². The van der Waals surface area contributed by atoms with Gasteiger partial charge >= 0.3 is 0 Å². The molecule has 0 aliphatic rings. The molecule has 2 aromatic rings. The fourth-order valence-corrected chi connectivity index (χ4v) is 2.54. The topological polar surface area (TPSA) is 46.1 Å². The van der Waals surface area contributed by atoms with Gasteiger partial charge in [-0.3, -0.25) is 4.79 Å². The highest BCUT2D eigenvalue weighted by molar-refractivity contribution is 7.08. The van der Waals surface area contributed by atoms with Crippen LogP contribution in [0.3, 0.4) is 0 Å². The Morgan fingerprint density at radius 1 is 1.39 bits per heavy atom. The van der Waals surface area contributed by atoms with E-state index in [0.29, 0.717) is 15.6 Å². The molecular formula is C12H12ClN3OS. The van der Waals surface area contributed by atoms with Crippen molar-refractivity contribution in [2.24, 2.45) is 0 Å². The summed E-state index contributed by atoms with van der Waals surface area (Å²) in [7, 11) is 1.73. The molecule has 1 aromatic carbocycles. The summed E-state index contributed by atoms with van der Waals surface area (Å²) in [5, 5.41) is 4.51. The highest BCUT2D eigenvalue weighted by Crippen LogP contribution is 2.25. The molecule has 94 valence electrons. The molecule has 0 saturated heterocycles. The standard InChI is InChI=1S/C12H12ClN3OS/c1-7-6-9(13)4-5-10(7)16(3)12(17)11-8(2)14-15-18-11/h4-6H,1-3H3. The number of nitrogens with zero attached hydrogens (tertiary/aromatic N) is 3. The predicted octanol–water partition coefficient (Wildman–Crippen LogP) is 3.08. The van der Waals surface area contributed by atoms with Gasteiger partial charge in [-0.2, -0.15) is 0 Å². The van der Waals surface area contributed by atoms with Crippen LogP contribution in [0.2, 0.25) is 5.02 Å². The van der Waals surface area contributed by atoms with E-state index < -0.39 is 0 Å². The van der Waals surface area contributed by atoms with Crippen molar-refractivity contribution in [2.75, 3.05) is 11.9 Å². The van der Waals surface area contributed by atoms with Crippen LogP contribution in [0.5, 0.6) is 0 Å². The van der Waals surface area contributed by atoms with Crippen molar-refractivity contribution < 1.29 is 4.79 Å². The van der Waals surface area contributed by atoms with Crippen molar-refractivity contribution in [1.82, 2.24) is 9.59 Å². The SMILES string of the molecule is Cc1cc(Cl)ccc1N(C)C(=O)c1snnc1C. The zero-order chi connectivity index (χ0) is 13.3. The van der Waals surface area contributed by atoms with Crippen LogP contribution in [0.1, 0.15) is 20.9 Å². The molecule has 6 heteroatoms.